The highest BCUT2D eigenvalue weighted by Gasteiger charge is 2.28. The van der Waals surface area contributed by atoms with Gasteiger partial charge in [0.2, 0.25) is 5.82 Å². The van der Waals surface area contributed by atoms with Crippen LogP contribution in [0.3, 0.4) is 0 Å². The minimum atomic E-state index is 0.497. The molecule has 3 aromatic rings. The first-order chi connectivity index (χ1) is 14.2. The number of thioether (sulfide) groups is 1. The molecule has 0 aliphatic carbocycles. The monoisotopic (exact) mass is 413 g/mol. The summed E-state index contributed by atoms with van der Waals surface area (Å²) in [5, 5.41) is 22.3. The van der Waals surface area contributed by atoms with Crippen molar-refractivity contribution in [3.05, 3.63) is 47.5 Å². The van der Waals surface area contributed by atoms with Gasteiger partial charge in [0.1, 0.15) is 12.4 Å². The number of aryl methyl sites for hydroxylation is 2. The van der Waals surface area contributed by atoms with Crippen molar-refractivity contribution < 1.29 is 4.90 Å². The third kappa shape index (κ3) is 4.84. The average molecular weight is 414 g/mol. The molecule has 1 N–H and O–H groups in total. The Morgan fingerprint density at radius 1 is 1.10 bits per heavy atom. The van der Waals surface area contributed by atoms with Gasteiger partial charge in [0.25, 0.3) is 0 Å². The van der Waals surface area contributed by atoms with Gasteiger partial charge < -0.3 is 9.47 Å². The van der Waals surface area contributed by atoms with Crippen LogP contribution in [0.1, 0.15) is 42.9 Å². The first-order valence-corrected chi connectivity index (χ1v) is 11.4. The van der Waals surface area contributed by atoms with Crippen molar-refractivity contribution >= 4 is 11.8 Å². The molecule has 1 aliphatic rings. The summed E-state index contributed by atoms with van der Waals surface area (Å²) in [5.41, 5.74) is 1.31. The summed E-state index contributed by atoms with van der Waals surface area (Å²) in [5.74, 6) is 3.63. The van der Waals surface area contributed by atoms with E-state index < -0.39 is 0 Å². The lowest BCUT2D eigenvalue weighted by atomic mass is 9.96. The van der Waals surface area contributed by atoms with Crippen LogP contribution in [0.4, 0.5) is 0 Å². The minimum absolute atomic E-state index is 0.497. The molecule has 29 heavy (non-hydrogen) atoms. The molecule has 4 rings (SSSR count). The Morgan fingerprint density at radius 2 is 1.90 bits per heavy atom. The maximum Gasteiger partial charge on any atom is 0.206 e. The van der Waals surface area contributed by atoms with Crippen molar-refractivity contribution in [1.82, 2.24) is 35.0 Å². The first kappa shape index (κ1) is 20.0. The number of rotatable bonds is 8. The molecule has 1 saturated heterocycles. The highest BCUT2D eigenvalue weighted by atomic mass is 32.2. The van der Waals surface area contributed by atoms with Crippen molar-refractivity contribution in [2.24, 2.45) is 7.05 Å². The van der Waals surface area contributed by atoms with E-state index in [9.17, 15) is 0 Å². The molecular weight excluding hydrogens is 384 g/mol. The molecule has 0 spiro atoms. The molecular formula is C20H29N8S+. The maximum atomic E-state index is 4.47. The van der Waals surface area contributed by atoms with Crippen LogP contribution in [0, 0.1) is 0 Å². The molecule has 1 aliphatic heterocycles. The van der Waals surface area contributed by atoms with Crippen LogP contribution in [0.5, 0.6) is 0 Å². The Bertz CT molecular complexity index is 898. The zero-order chi connectivity index (χ0) is 20.1. The SMILES string of the molecule is CCSc1nnc(C2CC[NH+](Cc3nnnn3CCc3ccccc3)CC2)n1C. The van der Waals surface area contributed by atoms with Gasteiger partial charge in [0.15, 0.2) is 5.16 Å². The largest absolute Gasteiger partial charge is 0.328 e. The molecule has 0 amide bonds. The molecule has 154 valence electrons. The van der Waals surface area contributed by atoms with E-state index in [4.69, 9.17) is 0 Å². The fraction of sp³-hybridized carbons (Fsp3) is 0.550. The summed E-state index contributed by atoms with van der Waals surface area (Å²) in [4.78, 5) is 1.54. The molecule has 9 heteroatoms. The standard InChI is InChI=1S/C20H28N8S/c1-3-29-20-23-22-19(26(20)2)17-10-12-27(13-11-17)15-18-21-24-25-28(18)14-9-16-7-5-4-6-8-16/h4-8,17H,3,9-15H2,1-2H3/p+1. The van der Waals surface area contributed by atoms with Crippen molar-refractivity contribution in [1.29, 1.82) is 0 Å². The van der Waals surface area contributed by atoms with E-state index in [2.05, 4.69) is 68.5 Å². The zero-order valence-electron chi connectivity index (χ0n) is 17.2. The molecule has 0 atom stereocenters. The van der Waals surface area contributed by atoms with Crippen molar-refractivity contribution in [3.8, 4) is 0 Å². The molecule has 8 nitrogen and oxygen atoms in total. The predicted octanol–water partition coefficient (Wildman–Crippen LogP) is 1.12. The summed E-state index contributed by atoms with van der Waals surface area (Å²) in [6.07, 6.45) is 3.20. The number of benzene rings is 1. The van der Waals surface area contributed by atoms with E-state index in [-0.39, 0.29) is 0 Å². The Morgan fingerprint density at radius 3 is 2.66 bits per heavy atom. The van der Waals surface area contributed by atoms with E-state index in [0.717, 1.165) is 68.0 Å². The van der Waals surface area contributed by atoms with Crippen LogP contribution in [0.15, 0.2) is 35.5 Å². The number of likely N-dealkylation sites (tertiary alicyclic amines) is 1. The van der Waals surface area contributed by atoms with Crippen LogP contribution in [0.25, 0.3) is 0 Å². The maximum absolute atomic E-state index is 4.47. The number of aromatic nitrogens is 7. The summed E-state index contributed by atoms with van der Waals surface area (Å²) in [6, 6.07) is 10.5. The Hall–Kier alpha value is -2.26. The zero-order valence-corrected chi connectivity index (χ0v) is 18.0. The quantitative estimate of drug-likeness (QED) is 0.558. The number of piperidine rings is 1. The Balaban J connectivity index is 1.31. The van der Waals surface area contributed by atoms with Crippen molar-refractivity contribution in [2.45, 2.75) is 50.4 Å². The third-order valence-corrected chi connectivity index (χ3v) is 6.57. The second-order valence-electron chi connectivity index (χ2n) is 7.59. The average Bonchev–Trinajstić information content (AvgIpc) is 3.35. The van der Waals surface area contributed by atoms with Crippen LogP contribution in [-0.2, 0) is 26.6 Å². The molecule has 0 saturated carbocycles. The van der Waals surface area contributed by atoms with Gasteiger partial charge >= 0.3 is 0 Å². The summed E-state index contributed by atoms with van der Waals surface area (Å²) in [7, 11) is 2.09. The van der Waals surface area contributed by atoms with Crippen LogP contribution >= 0.6 is 11.8 Å². The van der Waals surface area contributed by atoms with Crippen LogP contribution < -0.4 is 4.90 Å². The van der Waals surface area contributed by atoms with E-state index in [1.807, 2.05) is 10.7 Å². The van der Waals surface area contributed by atoms with E-state index >= 15 is 0 Å². The summed E-state index contributed by atoms with van der Waals surface area (Å²) in [6.45, 7) is 6.07. The van der Waals surface area contributed by atoms with Gasteiger partial charge in [-0.25, -0.2) is 4.68 Å². The lowest BCUT2D eigenvalue weighted by molar-refractivity contribution is -0.919. The number of tetrazole rings is 1. The molecule has 1 aromatic carbocycles. The molecule has 0 radical (unpaired) electrons. The summed E-state index contributed by atoms with van der Waals surface area (Å²) < 4.78 is 4.14. The number of hydrogen-bond acceptors (Lipinski definition) is 6. The third-order valence-electron chi connectivity index (χ3n) is 5.67. The fourth-order valence-corrected chi connectivity index (χ4v) is 4.67. The Labute approximate surface area is 175 Å². The highest BCUT2D eigenvalue weighted by Crippen LogP contribution is 2.25. The molecule has 1 fully saturated rings. The molecule has 0 unspecified atom stereocenters. The van der Waals surface area contributed by atoms with Crippen LogP contribution in [-0.4, -0.2) is 53.8 Å². The molecule has 2 aromatic heterocycles. The van der Waals surface area contributed by atoms with Crippen LogP contribution in [0.2, 0.25) is 0 Å². The topological polar surface area (TPSA) is 78.8 Å². The van der Waals surface area contributed by atoms with Gasteiger partial charge in [-0.05, 0) is 28.2 Å². The lowest BCUT2D eigenvalue weighted by Crippen LogP contribution is -3.11. The minimum Gasteiger partial charge on any atom is -0.328 e. The van der Waals surface area contributed by atoms with Gasteiger partial charge in [0.05, 0.1) is 13.1 Å². The van der Waals surface area contributed by atoms with Crippen molar-refractivity contribution in [2.75, 3.05) is 18.8 Å². The molecule has 3 heterocycles. The van der Waals surface area contributed by atoms with Crippen molar-refractivity contribution in [3.63, 3.8) is 0 Å². The highest BCUT2D eigenvalue weighted by molar-refractivity contribution is 7.99. The number of hydrogen-bond donors (Lipinski definition) is 1. The second-order valence-corrected chi connectivity index (χ2v) is 8.82. The predicted molar refractivity (Wildman–Crippen MR) is 112 cm³/mol. The van der Waals surface area contributed by atoms with Gasteiger partial charge in [-0.2, -0.15) is 0 Å². The first-order valence-electron chi connectivity index (χ1n) is 10.4. The van der Waals surface area contributed by atoms with E-state index in [0.29, 0.717) is 5.92 Å². The summed E-state index contributed by atoms with van der Waals surface area (Å²) >= 11 is 1.75. The normalized spacial score (nSPS) is 19.5. The fourth-order valence-electron chi connectivity index (χ4n) is 4.02. The number of nitrogens with one attached hydrogen (secondary N) is 1. The Kier molecular flexibility index (Phi) is 6.56. The second kappa shape index (κ2) is 9.49. The number of nitrogens with zero attached hydrogens (tertiary/aromatic N) is 7. The number of quaternary nitrogens is 1. The van der Waals surface area contributed by atoms with Gasteiger partial charge in [-0.15, -0.1) is 15.3 Å². The molecule has 0 bridgehead atoms. The van der Waals surface area contributed by atoms with Gasteiger partial charge in [0, 0.05) is 32.4 Å². The smallest absolute Gasteiger partial charge is 0.206 e. The lowest BCUT2D eigenvalue weighted by Gasteiger charge is -2.28. The van der Waals surface area contributed by atoms with Gasteiger partial charge in [-0.1, -0.05) is 49.0 Å². The van der Waals surface area contributed by atoms with E-state index in [1.165, 1.54) is 5.56 Å². The van der Waals surface area contributed by atoms with Gasteiger partial charge in [-0.3, -0.25) is 0 Å². The van der Waals surface area contributed by atoms with E-state index in [1.54, 1.807) is 16.7 Å².